The number of carbonyl (C=O) groups excluding carboxylic acids is 1. The molecule has 1 fully saturated rings. The molecule has 128 valence electrons. The topological polar surface area (TPSA) is 72.9 Å². The summed E-state index contributed by atoms with van der Waals surface area (Å²) in [7, 11) is -2.21. The maximum Gasteiger partial charge on any atom is 0.343 e. The van der Waals surface area contributed by atoms with Crippen molar-refractivity contribution in [3.63, 3.8) is 0 Å². The van der Waals surface area contributed by atoms with E-state index in [-0.39, 0.29) is 17.5 Å². The van der Waals surface area contributed by atoms with Crippen molar-refractivity contribution in [2.75, 3.05) is 20.3 Å². The number of hydrogen-bond acceptors (Lipinski definition) is 5. The van der Waals surface area contributed by atoms with E-state index in [1.807, 2.05) is 6.92 Å². The highest BCUT2D eigenvalue weighted by Gasteiger charge is 2.31. The molecule has 23 heavy (non-hydrogen) atoms. The zero-order chi connectivity index (χ0) is 17.0. The molecular weight excluding hydrogens is 318 g/mol. The Morgan fingerprint density at radius 2 is 2.09 bits per heavy atom. The summed E-state index contributed by atoms with van der Waals surface area (Å²) in [6.45, 7) is 4.05. The fourth-order valence-corrected chi connectivity index (χ4v) is 4.49. The van der Waals surface area contributed by atoms with Crippen molar-refractivity contribution in [3.05, 3.63) is 23.8 Å². The predicted molar refractivity (Wildman–Crippen MR) is 85.9 cm³/mol. The number of piperidine rings is 1. The molecule has 1 atom stereocenters. The summed E-state index contributed by atoms with van der Waals surface area (Å²) < 4.78 is 37.0. The molecule has 1 aromatic carbocycles. The van der Waals surface area contributed by atoms with Gasteiger partial charge in [0.15, 0.2) is 6.61 Å². The van der Waals surface area contributed by atoms with Crippen LogP contribution < -0.4 is 4.74 Å². The van der Waals surface area contributed by atoms with Crippen molar-refractivity contribution >= 4 is 16.0 Å². The van der Waals surface area contributed by atoms with E-state index in [0.29, 0.717) is 17.9 Å². The zero-order valence-electron chi connectivity index (χ0n) is 13.7. The molecule has 0 unspecified atom stereocenters. The first-order valence-corrected chi connectivity index (χ1v) is 9.12. The Morgan fingerprint density at radius 1 is 1.35 bits per heavy atom. The van der Waals surface area contributed by atoms with Crippen LogP contribution in [0, 0.1) is 6.92 Å². The van der Waals surface area contributed by atoms with Crippen LogP contribution in [-0.2, 0) is 19.6 Å². The van der Waals surface area contributed by atoms with Crippen LogP contribution in [0.5, 0.6) is 5.75 Å². The van der Waals surface area contributed by atoms with Crippen LogP contribution in [0.15, 0.2) is 23.1 Å². The number of sulfonamides is 1. The number of rotatable bonds is 5. The van der Waals surface area contributed by atoms with Crippen LogP contribution in [0.3, 0.4) is 0 Å². The summed E-state index contributed by atoms with van der Waals surface area (Å²) in [4.78, 5) is 11.4. The van der Waals surface area contributed by atoms with Crippen LogP contribution in [0.25, 0.3) is 0 Å². The standard InChI is InChI=1S/C16H23NO5S/c1-12-10-14(7-8-15(12)22-11-16(18)21-3)23(19,20)17-9-5-4-6-13(17)2/h7-8,10,13H,4-6,9,11H2,1-3H3/t13-/m1/s1. The molecule has 6 nitrogen and oxygen atoms in total. The van der Waals surface area contributed by atoms with Gasteiger partial charge in [-0.2, -0.15) is 4.31 Å². The Balaban J connectivity index is 2.20. The molecule has 0 aromatic heterocycles. The Hall–Kier alpha value is -1.60. The molecule has 0 bridgehead atoms. The predicted octanol–water partition coefficient (Wildman–Crippen LogP) is 2.11. The molecule has 0 aliphatic carbocycles. The lowest BCUT2D eigenvalue weighted by Crippen LogP contribution is -2.41. The van der Waals surface area contributed by atoms with E-state index in [1.54, 1.807) is 23.4 Å². The Morgan fingerprint density at radius 3 is 2.70 bits per heavy atom. The molecule has 1 saturated heterocycles. The molecule has 2 rings (SSSR count). The van der Waals surface area contributed by atoms with Crippen LogP contribution in [0.2, 0.25) is 0 Å². The zero-order valence-corrected chi connectivity index (χ0v) is 14.6. The van der Waals surface area contributed by atoms with Crippen molar-refractivity contribution in [1.82, 2.24) is 4.31 Å². The Labute approximate surface area is 137 Å². The van der Waals surface area contributed by atoms with Gasteiger partial charge in [0.1, 0.15) is 5.75 Å². The molecule has 1 aliphatic rings. The fraction of sp³-hybridized carbons (Fsp3) is 0.562. The average molecular weight is 341 g/mol. The SMILES string of the molecule is COC(=O)COc1ccc(S(=O)(=O)N2CCCC[C@H]2C)cc1C. The van der Waals surface area contributed by atoms with E-state index in [2.05, 4.69) is 4.74 Å². The maximum atomic E-state index is 12.8. The fourth-order valence-electron chi connectivity index (χ4n) is 2.70. The first-order valence-electron chi connectivity index (χ1n) is 7.68. The number of nitrogens with zero attached hydrogens (tertiary/aromatic N) is 1. The molecule has 0 spiro atoms. The Bertz CT molecular complexity index is 671. The highest BCUT2D eigenvalue weighted by molar-refractivity contribution is 7.89. The molecule has 0 amide bonds. The molecule has 0 N–H and O–H groups in total. The summed E-state index contributed by atoms with van der Waals surface area (Å²) in [6.07, 6.45) is 2.84. The summed E-state index contributed by atoms with van der Waals surface area (Å²) in [5.41, 5.74) is 0.666. The minimum Gasteiger partial charge on any atom is -0.482 e. The first-order chi connectivity index (χ1) is 10.9. The molecule has 7 heteroatoms. The van der Waals surface area contributed by atoms with Gasteiger partial charge in [-0.05, 0) is 50.5 Å². The third-order valence-electron chi connectivity index (χ3n) is 4.07. The van der Waals surface area contributed by atoms with Gasteiger partial charge in [0.2, 0.25) is 10.0 Å². The van der Waals surface area contributed by atoms with Gasteiger partial charge in [0, 0.05) is 12.6 Å². The minimum atomic E-state index is -3.50. The second-order valence-corrected chi connectivity index (χ2v) is 7.64. The van der Waals surface area contributed by atoms with E-state index in [9.17, 15) is 13.2 Å². The normalized spacial score (nSPS) is 19.3. The van der Waals surface area contributed by atoms with Gasteiger partial charge in [0.05, 0.1) is 12.0 Å². The lowest BCUT2D eigenvalue weighted by Gasteiger charge is -2.32. The van der Waals surface area contributed by atoms with Gasteiger partial charge >= 0.3 is 5.97 Å². The van der Waals surface area contributed by atoms with Gasteiger partial charge in [-0.1, -0.05) is 6.42 Å². The lowest BCUT2D eigenvalue weighted by molar-refractivity contribution is -0.142. The molecule has 1 aromatic rings. The van der Waals surface area contributed by atoms with Gasteiger partial charge < -0.3 is 9.47 Å². The van der Waals surface area contributed by atoms with E-state index in [0.717, 1.165) is 19.3 Å². The van der Waals surface area contributed by atoms with E-state index in [1.165, 1.54) is 13.2 Å². The first kappa shape index (κ1) is 17.7. The monoisotopic (exact) mass is 341 g/mol. The van der Waals surface area contributed by atoms with Crippen LogP contribution >= 0.6 is 0 Å². The van der Waals surface area contributed by atoms with Crippen molar-refractivity contribution in [1.29, 1.82) is 0 Å². The quantitative estimate of drug-likeness (QED) is 0.767. The van der Waals surface area contributed by atoms with Crippen LogP contribution in [0.1, 0.15) is 31.7 Å². The van der Waals surface area contributed by atoms with Crippen molar-refractivity contribution in [3.8, 4) is 5.75 Å². The largest absolute Gasteiger partial charge is 0.482 e. The van der Waals surface area contributed by atoms with Gasteiger partial charge in [-0.25, -0.2) is 13.2 Å². The third-order valence-corrected chi connectivity index (χ3v) is 6.08. The van der Waals surface area contributed by atoms with Gasteiger partial charge in [-0.3, -0.25) is 0 Å². The average Bonchev–Trinajstić information content (AvgIpc) is 2.53. The smallest absolute Gasteiger partial charge is 0.343 e. The number of esters is 1. The summed E-state index contributed by atoms with van der Waals surface area (Å²) >= 11 is 0. The van der Waals surface area contributed by atoms with E-state index >= 15 is 0 Å². The lowest BCUT2D eigenvalue weighted by atomic mass is 10.1. The number of carbonyl (C=O) groups is 1. The van der Waals surface area contributed by atoms with Crippen molar-refractivity contribution < 1.29 is 22.7 Å². The maximum absolute atomic E-state index is 12.8. The minimum absolute atomic E-state index is 0.0179. The van der Waals surface area contributed by atoms with Crippen LogP contribution in [-0.4, -0.2) is 45.0 Å². The highest BCUT2D eigenvalue weighted by atomic mass is 32.2. The second-order valence-electron chi connectivity index (χ2n) is 5.75. The van der Waals surface area contributed by atoms with E-state index in [4.69, 9.17) is 4.74 Å². The number of aryl methyl sites for hydroxylation is 1. The summed E-state index contributed by atoms with van der Waals surface area (Å²) in [6, 6.07) is 4.71. The molecular formula is C16H23NO5S. The van der Waals surface area contributed by atoms with Gasteiger partial charge in [0.25, 0.3) is 0 Å². The third kappa shape index (κ3) is 4.03. The van der Waals surface area contributed by atoms with E-state index < -0.39 is 16.0 Å². The van der Waals surface area contributed by atoms with Crippen molar-refractivity contribution in [2.45, 2.75) is 44.0 Å². The molecule has 0 radical (unpaired) electrons. The number of benzene rings is 1. The number of ether oxygens (including phenoxy) is 2. The summed E-state index contributed by atoms with van der Waals surface area (Å²) in [5.74, 6) is -0.00992. The molecule has 1 heterocycles. The number of methoxy groups -OCH3 is 1. The Kier molecular flexibility index (Phi) is 5.64. The van der Waals surface area contributed by atoms with Gasteiger partial charge in [-0.15, -0.1) is 0 Å². The second kappa shape index (κ2) is 7.31. The number of hydrogen-bond donors (Lipinski definition) is 0. The summed E-state index contributed by atoms with van der Waals surface area (Å²) in [5, 5.41) is 0. The van der Waals surface area contributed by atoms with Crippen molar-refractivity contribution in [2.24, 2.45) is 0 Å². The molecule has 1 aliphatic heterocycles. The molecule has 0 saturated carbocycles. The van der Waals surface area contributed by atoms with Crippen LogP contribution in [0.4, 0.5) is 0 Å². The highest BCUT2D eigenvalue weighted by Crippen LogP contribution is 2.28.